The van der Waals surface area contributed by atoms with Crippen LogP contribution < -0.4 is 5.73 Å². The summed E-state index contributed by atoms with van der Waals surface area (Å²) >= 11 is 0. The molecule has 0 aliphatic carbocycles. The van der Waals surface area contributed by atoms with Crippen molar-refractivity contribution in [3.8, 4) is 0 Å². The second kappa shape index (κ2) is 4.16. The number of nitrogens with zero attached hydrogens (tertiary/aromatic N) is 2. The highest BCUT2D eigenvalue weighted by molar-refractivity contribution is 5.54. The Kier molecular flexibility index (Phi) is 2.86. The first-order valence-electron chi connectivity index (χ1n) is 5.87. The van der Waals surface area contributed by atoms with Gasteiger partial charge in [0, 0.05) is 12.1 Å². The van der Waals surface area contributed by atoms with Crippen LogP contribution in [0.25, 0.3) is 5.65 Å². The molecule has 0 amide bonds. The third-order valence-electron chi connectivity index (χ3n) is 3.02. The third kappa shape index (κ3) is 1.77. The zero-order valence-electron chi connectivity index (χ0n) is 10.2. The number of pyridine rings is 1. The van der Waals surface area contributed by atoms with Gasteiger partial charge in [-0.3, -0.25) is 4.40 Å². The first-order valence-corrected chi connectivity index (χ1v) is 5.87. The Bertz CT molecular complexity index is 499. The predicted molar refractivity (Wildman–Crippen MR) is 67.7 cm³/mol. The Morgan fingerprint density at radius 3 is 2.88 bits per heavy atom. The number of nitrogens with two attached hydrogens (primary N) is 1. The summed E-state index contributed by atoms with van der Waals surface area (Å²) in [6.45, 7) is 6.44. The van der Waals surface area contributed by atoms with Gasteiger partial charge in [0.2, 0.25) is 0 Å². The maximum atomic E-state index is 6.14. The van der Waals surface area contributed by atoms with Gasteiger partial charge in [-0.15, -0.1) is 0 Å². The summed E-state index contributed by atoms with van der Waals surface area (Å²) in [5, 5.41) is 0. The number of nitrogen functional groups attached to an aromatic ring is 1. The van der Waals surface area contributed by atoms with Crippen molar-refractivity contribution < 1.29 is 0 Å². The Balaban J connectivity index is 2.51. The number of imidazole rings is 1. The van der Waals surface area contributed by atoms with Crippen LogP contribution >= 0.6 is 0 Å². The van der Waals surface area contributed by atoms with Crippen molar-refractivity contribution in [1.82, 2.24) is 9.38 Å². The molecule has 0 aliphatic heterocycles. The van der Waals surface area contributed by atoms with Gasteiger partial charge in [0.15, 0.2) is 0 Å². The normalized spacial score (nSPS) is 13.2. The SMILES string of the molecule is CCCC(C)c1nc2ccc(C)cn2c1N. The van der Waals surface area contributed by atoms with Gasteiger partial charge in [-0.05, 0) is 25.0 Å². The van der Waals surface area contributed by atoms with E-state index in [0.717, 1.165) is 30.0 Å². The zero-order chi connectivity index (χ0) is 11.7. The van der Waals surface area contributed by atoms with Crippen molar-refractivity contribution in [2.45, 2.75) is 39.5 Å². The van der Waals surface area contributed by atoms with E-state index in [-0.39, 0.29) is 0 Å². The smallest absolute Gasteiger partial charge is 0.138 e. The van der Waals surface area contributed by atoms with E-state index in [1.165, 1.54) is 5.56 Å². The van der Waals surface area contributed by atoms with Crippen LogP contribution in [0.1, 0.15) is 43.9 Å². The van der Waals surface area contributed by atoms with E-state index < -0.39 is 0 Å². The Morgan fingerprint density at radius 1 is 1.44 bits per heavy atom. The van der Waals surface area contributed by atoms with Crippen LogP contribution in [0.5, 0.6) is 0 Å². The maximum absolute atomic E-state index is 6.14. The third-order valence-corrected chi connectivity index (χ3v) is 3.02. The molecule has 3 heteroatoms. The van der Waals surface area contributed by atoms with Crippen LogP contribution in [-0.4, -0.2) is 9.38 Å². The molecule has 2 heterocycles. The van der Waals surface area contributed by atoms with Gasteiger partial charge < -0.3 is 5.73 Å². The fourth-order valence-corrected chi connectivity index (χ4v) is 2.12. The minimum absolute atomic E-state index is 0.435. The number of aromatic nitrogens is 2. The maximum Gasteiger partial charge on any atom is 0.138 e. The average Bonchev–Trinajstić information content (AvgIpc) is 2.57. The minimum atomic E-state index is 0.435. The lowest BCUT2D eigenvalue weighted by Crippen LogP contribution is -2.00. The van der Waals surface area contributed by atoms with E-state index in [0.29, 0.717) is 5.92 Å². The molecule has 0 aromatic carbocycles. The average molecular weight is 217 g/mol. The highest BCUT2D eigenvalue weighted by atomic mass is 15.1. The van der Waals surface area contributed by atoms with Crippen molar-refractivity contribution in [2.24, 2.45) is 0 Å². The van der Waals surface area contributed by atoms with E-state index in [1.54, 1.807) is 0 Å². The number of anilines is 1. The lowest BCUT2D eigenvalue weighted by molar-refractivity contribution is 0.653. The summed E-state index contributed by atoms with van der Waals surface area (Å²) in [7, 11) is 0. The van der Waals surface area contributed by atoms with Crippen LogP contribution in [0, 0.1) is 6.92 Å². The van der Waals surface area contributed by atoms with Gasteiger partial charge in [0.25, 0.3) is 0 Å². The summed E-state index contributed by atoms with van der Waals surface area (Å²) in [6, 6.07) is 4.09. The quantitative estimate of drug-likeness (QED) is 0.858. The summed E-state index contributed by atoms with van der Waals surface area (Å²) in [5.74, 6) is 1.23. The van der Waals surface area contributed by atoms with Gasteiger partial charge in [0.1, 0.15) is 11.5 Å². The van der Waals surface area contributed by atoms with E-state index in [2.05, 4.69) is 31.8 Å². The molecule has 1 atom stereocenters. The van der Waals surface area contributed by atoms with Gasteiger partial charge in [-0.2, -0.15) is 0 Å². The molecule has 0 fully saturated rings. The van der Waals surface area contributed by atoms with E-state index in [4.69, 9.17) is 5.73 Å². The van der Waals surface area contributed by atoms with Gasteiger partial charge in [-0.25, -0.2) is 4.98 Å². The number of rotatable bonds is 3. The molecule has 1 unspecified atom stereocenters. The molecule has 86 valence electrons. The molecule has 0 spiro atoms. The summed E-state index contributed by atoms with van der Waals surface area (Å²) in [6.07, 6.45) is 4.33. The lowest BCUT2D eigenvalue weighted by atomic mass is 10.0. The molecule has 2 aromatic rings. The van der Waals surface area contributed by atoms with Crippen LogP contribution in [0.15, 0.2) is 18.3 Å². The van der Waals surface area contributed by atoms with Gasteiger partial charge in [0.05, 0.1) is 5.69 Å². The summed E-state index contributed by atoms with van der Waals surface area (Å²) in [4.78, 5) is 4.61. The van der Waals surface area contributed by atoms with Crippen molar-refractivity contribution >= 4 is 11.5 Å². The Morgan fingerprint density at radius 2 is 2.19 bits per heavy atom. The second-order valence-corrected chi connectivity index (χ2v) is 4.51. The number of hydrogen-bond donors (Lipinski definition) is 1. The predicted octanol–water partition coefficient (Wildman–Crippen LogP) is 3.13. The van der Waals surface area contributed by atoms with Crippen LogP contribution in [0.3, 0.4) is 0 Å². The zero-order valence-corrected chi connectivity index (χ0v) is 10.2. The molecule has 2 rings (SSSR count). The largest absolute Gasteiger partial charge is 0.383 e. The van der Waals surface area contributed by atoms with Crippen molar-refractivity contribution in [2.75, 3.05) is 5.73 Å². The van der Waals surface area contributed by atoms with Crippen LogP contribution in [0.4, 0.5) is 5.82 Å². The molecule has 3 nitrogen and oxygen atoms in total. The van der Waals surface area contributed by atoms with Crippen molar-refractivity contribution in [3.05, 3.63) is 29.6 Å². The van der Waals surface area contributed by atoms with Gasteiger partial charge in [-0.1, -0.05) is 26.3 Å². The van der Waals surface area contributed by atoms with Crippen molar-refractivity contribution in [1.29, 1.82) is 0 Å². The second-order valence-electron chi connectivity index (χ2n) is 4.51. The summed E-state index contributed by atoms with van der Waals surface area (Å²) < 4.78 is 1.98. The number of fused-ring (bicyclic) bond motifs is 1. The fraction of sp³-hybridized carbons (Fsp3) is 0.462. The highest BCUT2D eigenvalue weighted by Gasteiger charge is 2.14. The molecule has 0 saturated carbocycles. The van der Waals surface area contributed by atoms with E-state index in [9.17, 15) is 0 Å². The molecule has 0 saturated heterocycles. The van der Waals surface area contributed by atoms with Crippen LogP contribution in [-0.2, 0) is 0 Å². The van der Waals surface area contributed by atoms with Gasteiger partial charge >= 0.3 is 0 Å². The molecular formula is C13H19N3. The summed E-state index contributed by atoms with van der Waals surface area (Å²) in [5.41, 5.74) is 9.32. The first-order chi connectivity index (χ1) is 7.63. The highest BCUT2D eigenvalue weighted by Crippen LogP contribution is 2.26. The Labute approximate surface area is 96.3 Å². The molecule has 0 radical (unpaired) electrons. The molecule has 2 aromatic heterocycles. The minimum Gasteiger partial charge on any atom is -0.383 e. The molecule has 16 heavy (non-hydrogen) atoms. The van der Waals surface area contributed by atoms with Crippen molar-refractivity contribution in [3.63, 3.8) is 0 Å². The topological polar surface area (TPSA) is 43.3 Å². The first kappa shape index (κ1) is 11.0. The fourth-order valence-electron chi connectivity index (χ4n) is 2.12. The number of hydrogen-bond acceptors (Lipinski definition) is 2. The molecule has 2 N–H and O–H groups in total. The Hall–Kier alpha value is -1.51. The number of aryl methyl sites for hydroxylation is 1. The lowest BCUT2D eigenvalue weighted by Gasteiger charge is -2.07. The van der Waals surface area contributed by atoms with E-state index in [1.807, 2.05) is 16.7 Å². The molecule has 0 aliphatic rings. The molecular weight excluding hydrogens is 198 g/mol. The monoisotopic (exact) mass is 217 g/mol. The molecule has 0 bridgehead atoms. The van der Waals surface area contributed by atoms with Crippen LogP contribution in [0.2, 0.25) is 0 Å². The van der Waals surface area contributed by atoms with E-state index >= 15 is 0 Å². The standard InChI is InChI=1S/C13H19N3/c1-4-5-10(3)12-13(14)16-8-9(2)6-7-11(16)15-12/h6-8,10H,4-5,14H2,1-3H3.